The van der Waals surface area contributed by atoms with Crippen molar-refractivity contribution in [1.29, 1.82) is 0 Å². The minimum absolute atomic E-state index is 0.0584. The zero-order valence-corrected chi connectivity index (χ0v) is 17.5. The van der Waals surface area contributed by atoms with Gasteiger partial charge in [-0.05, 0) is 31.9 Å². The molecule has 0 N–H and O–H groups in total. The smallest absolute Gasteiger partial charge is 0.326 e. The lowest BCUT2D eigenvalue weighted by Gasteiger charge is -2.24. The fraction of sp³-hybridized carbons (Fsp3) is 0.786. The fourth-order valence-corrected chi connectivity index (χ4v) is 6.64. The molecule has 0 aromatic carbocycles. The molecule has 8 nitrogen and oxygen atoms in total. The molecule has 0 aliphatic carbocycles. The standard InChI is InChI=1S/C14H25N5O3S3/c1-5-9-17(3)14(20)19(6-2)12-15-16-13(24-12)25(21,22)18(4)11-8-7-10-23-11/h11H,5-10H2,1-4H3. The van der Waals surface area contributed by atoms with Gasteiger partial charge in [-0.3, -0.25) is 4.90 Å². The van der Waals surface area contributed by atoms with Gasteiger partial charge in [-0.15, -0.1) is 22.0 Å². The van der Waals surface area contributed by atoms with E-state index < -0.39 is 10.0 Å². The maximum atomic E-state index is 12.8. The highest BCUT2D eigenvalue weighted by atomic mass is 32.2. The largest absolute Gasteiger partial charge is 0.327 e. The summed E-state index contributed by atoms with van der Waals surface area (Å²) in [5.41, 5.74) is 0. The summed E-state index contributed by atoms with van der Waals surface area (Å²) in [6.07, 6.45) is 2.70. The van der Waals surface area contributed by atoms with Crippen LogP contribution in [0.25, 0.3) is 0 Å². The second-order valence-corrected chi connectivity index (χ2v) is 10.2. The molecular formula is C14H25N5O3S3. The predicted molar refractivity (Wildman–Crippen MR) is 102 cm³/mol. The quantitative estimate of drug-likeness (QED) is 0.645. The summed E-state index contributed by atoms with van der Waals surface area (Å²) in [6.45, 7) is 4.85. The van der Waals surface area contributed by atoms with Gasteiger partial charge in [0.2, 0.25) is 9.47 Å². The van der Waals surface area contributed by atoms with Crippen molar-refractivity contribution in [2.24, 2.45) is 0 Å². The van der Waals surface area contributed by atoms with Crippen LogP contribution in [0.4, 0.5) is 9.93 Å². The Morgan fingerprint density at radius 1 is 1.28 bits per heavy atom. The molecule has 0 bridgehead atoms. The number of hydrogen-bond donors (Lipinski definition) is 0. The lowest BCUT2D eigenvalue weighted by molar-refractivity contribution is 0.215. The van der Waals surface area contributed by atoms with Crippen LogP contribution in [-0.2, 0) is 10.0 Å². The van der Waals surface area contributed by atoms with Gasteiger partial charge < -0.3 is 4.90 Å². The van der Waals surface area contributed by atoms with Crippen LogP contribution >= 0.6 is 23.1 Å². The van der Waals surface area contributed by atoms with Gasteiger partial charge in [-0.25, -0.2) is 13.2 Å². The molecule has 25 heavy (non-hydrogen) atoms. The molecular weight excluding hydrogens is 382 g/mol. The molecule has 142 valence electrons. The Morgan fingerprint density at radius 3 is 2.56 bits per heavy atom. The number of nitrogens with zero attached hydrogens (tertiary/aromatic N) is 5. The third-order valence-electron chi connectivity index (χ3n) is 3.97. The number of rotatable bonds is 7. The SMILES string of the molecule is CCCN(C)C(=O)N(CC)c1nnc(S(=O)(=O)N(C)C2CCCS2)s1. The van der Waals surface area contributed by atoms with Crippen LogP contribution in [0.15, 0.2) is 4.34 Å². The molecule has 1 aliphatic rings. The lowest BCUT2D eigenvalue weighted by Crippen LogP contribution is -2.41. The van der Waals surface area contributed by atoms with E-state index in [1.54, 1.807) is 30.8 Å². The monoisotopic (exact) mass is 407 g/mol. The van der Waals surface area contributed by atoms with Crippen molar-refractivity contribution in [3.63, 3.8) is 0 Å². The molecule has 0 spiro atoms. The number of carbonyl (C=O) groups excluding carboxylic acids is 1. The Hall–Kier alpha value is -0.910. The summed E-state index contributed by atoms with van der Waals surface area (Å²) in [5.74, 6) is 0.966. The minimum Gasteiger partial charge on any atom is -0.327 e. The molecule has 1 aromatic heterocycles. The summed E-state index contributed by atoms with van der Waals surface area (Å²) in [4.78, 5) is 15.5. The number of anilines is 1. The number of urea groups is 1. The maximum Gasteiger partial charge on any atom is 0.326 e. The number of sulfonamides is 1. The molecule has 11 heteroatoms. The van der Waals surface area contributed by atoms with Crippen molar-refractivity contribution in [2.45, 2.75) is 42.8 Å². The van der Waals surface area contributed by atoms with Gasteiger partial charge in [-0.2, -0.15) is 4.31 Å². The van der Waals surface area contributed by atoms with Crippen molar-refractivity contribution >= 4 is 44.3 Å². The molecule has 1 aromatic rings. The van der Waals surface area contributed by atoms with E-state index in [0.717, 1.165) is 36.4 Å². The van der Waals surface area contributed by atoms with Crippen LogP contribution in [0.1, 0.15) is 33.1 Å². The van der Waals surface area contributed by atoms with E-state index in [-0.39, 0.29) is 15.7 Å². The Morgan fingerprint density at radius 2 is 2.00 bits per heavy atom. The molecule has 2 amide bonds. The van der Waals surface area contributed by atoms with Crippen LogP contribution in [-0.4, -0.2) is 72.2 Å². The van der Waals surface area contributed by atoms with Crippen LogP contribution < -0.4 is 4.90 Å². The molecule has 0 radical (unpaired) electrons. The average Bonchev–Trinajstić information content (AvgIpc) is 3.27. The summed E-state index contributed by atoms with van der Waals surface area (Å²) < 4.78 is 26.8. The second-order valence-electron chi connectivity index (χ2n) is 5.79. The van der Waals surface area contributed by atoms with E-state index >= 15 is 0 Å². The zero-order valence-electron chi connectivity index (χ0n) is 15.0. The molecule has 1 fully saturated rings. The molecule has 1 atom stereocenters. The van der Waals surface area contributed by atoms with Crippen LogP contribution in [0.3, 0.4) is 0 Å². The topological polar surface area (TPSA) is 86.7 Å². The Balaban J connectivity index is 2.20. The van der Waals surface area contributed by atoms with Gasteiger partial charge >= 0.3 is 6.03 Å². The Bertz CT molecular complexity index is 688. The first-order chi connectivity index (χ1) is 11.8. The van der Waals surface area contributed by atoms with E-state index in [0.29, 0.717) is 18.2 Å². The molecule has 1 saturated heterocycles. The predicted octanol–water partition coefficient (Wildman–Crippen LogP) is 2.30. The van der Waals surface area contributed by atoms with Gasteiger partial charge in [0.1, 0.15) is 0 Å². The molecule has 2 heterocycles. The van der Waals surface area contributed by atoms with Crippen LogP contribution in [0.2, 0.25) is 0 Å². The highest BCUT2D eigenvalue weighted by molar-refractivity contribution is 8.01. The summed E-state index contributed by atoms with van der Waals surface area (Å²) >= 11 is 2.58. The summed E-state index contributed by atoms with van der Waals surface area (Å²) in [5, 5.41) is 8.06. The van der Waals surface area contributed by atoms with Crippen molar-refractivity contribution in [3.8, 4) is 0 Å². The lowest BCUT2D eigenvalue weighted by atomic mass is 10.3. The first-order valence-corrected chi connectivity index (χ1v) is 11.6. The van der Waals surface area contributed by atoms with Crippen molar-refractivity contribution < 1.29 is 13.2 Å². The van der Waals surface area contributed by atoms with Gasteiger partial charge in [0.15, 0.2) is 0 Å². The number of aromatic nitrogens is 2. The molecule has 1 aliphatic heterocycles. The first kappa shape index (κ1) is 20.4. The van der Waals surface area contributed by atoms with Crippen molar-refractivity contribution in [1.82, 2.24) is 19.4 Å². The highest BCUT2D eigenvalue weighted by Crippen LogP contribution is 2.33. The van der Waals surface area contributed by atoms with E-state index in [4.69, 9.17) is 0 Å². The second kappa shape index (κ2) is 8.65. The Kier molecular flexibility index (Phi) is 7.06. The van der Waals surface area contributed by atoms with E-state index in [2.05, 4.69) is 10.2 Å². The van der Waals surface area contributed by atoms with E-state index in [9.17, 15) is 13.2 Å². The number of hydrogen-bond acceptors (Lipinski definition) is 7. The Labute approximate surface area is 157 Å². The highest BCUT2D eigenvalue weighted by Gasteiger charge is 2.34. The first-order valence-electron chi connectivity index (χ1n) is 8.28. The van der Waals surface area contributed by atoms with Gasteiger partial charge in [0.05, 0.1) is 5.37 Å². The fourth-order valence-electron chi connectivity index (χ4n) is 2.53. The normalized spacial score (nSPS) is 17.9. The van der Waals surface area contributed by atoms with Crippen LogP contribution in [0.5, 0.6) is 0 Å². The molecule has 1 unspecified atom stereocenters. The molecule has 2 rings (SSSR count). The summed E-state index contributed by atoms with van der Waals surface area (Å²) in [6, 6.07) is -0.204. The van der Waals surface area contributed by atoms with E-state index in [1.165, 1.54) is 9.21 Å². The van der Waals surface area contributed by atoms with Gasteiger partial charge in [0, 0.05) is 27.2 Å². The molecule has 0 saturated carbocycles. The van der Waals surface area contributed by atoms with E-state index in [1.807, 2.05) is 13.8 Å². The number of thioether (sulfide) groups is 1. The third-order valence-corrected chi connectivity index (χ3v) is 8.72. The minimum atomic E-state index is -3.69. The maximum absolute atomic E-state index is 12.8. The van der Waals surface area contributed by atoms with Gasteiger partial charge in [0.25, 0.3) is 10.0 Å². The third kappa shape index (κ3) is 4.44. The summed E-state index contributed by atoms with van der Waals surface area (Å²) in [7, 11) is -0.393. The number of amides is 2. The van der Waals surface area contributed by atoms with Gasteiger partial charge in [-0.1, -0.05) is 18.3 Å². The van der Waals surface area contributed by atoms with Crippen molar-refractivity contribution in [3.05, 3.63) is 0 Å². The zero-order chi connectivity index (χ0) is 18.6. The van der Waals surface area contributed by atoms with Crippen LogP contribution in [0, 0.1) is 0 Å². The van der Waals surface area contributed by atoms with Crippen molar-refractivity contribution in [2.75, 3.05) is 37.8 Å². The average molecular weight is 408 g/mol. The number of carbonyl (C=O) groups is 1.